The molecule has 0 aliphatic rings. The quantitative estimate of drug-likeness (QED) is 0.736. The van der Waals surface area contributed by atoms with Crippen LogP contribution in [0.25, 0.3) is 0 Å². The van der Waals surface area contributed by atoms with Crippen LogP contribution in [0.15, 0.2) is 0 Å². The zero-order chi connectivity index (χ0) is 12.3. The Morgan fingerprint density at radius 2 is 1.80 bits per heavy atom. The Hall–Kier alpha value is -0.570. The SMILES string of the molecule is CCC(=O)NCC(C)(C)C(C)(C)C(C)O. The summed E-state index contributed by atoms with van der Waals surface area (Å²) < 4.78 is 0. The van der Waals surface area contributed by atoms with Crippen LogP contribution in [0.5, 0.6) is 0 Å². The molecule has 0 aliphatic heterocycles. The monoisotopic (exact) mass is 215 g/mol. The van der Waals surface area contributed by atoms with Crippen molar-refractivity contribution in [3.8, 4) is 0 Å². The highest BCUT2D eigenvalue weighted by Gasteiger charge is 2.40. The van der Waals surface area contributed by atoms with Gasteiger partial charge < -0.3 is 10.4 Å². The summed E-state index contributed by atoms with van der Waals surface area (Å²) in [5, 5.41) is 12.6. The van der Waals surface area contributed by atoms with Gasteiger partial charge in [-0.2, -0.15) is 0 Å². The van der Waals surface area contributed by atoms with Gasteiger partial charge >= 0.3 is 0 Å². The van der Waals surface area contributed by atoms with Crippen molar-refractivity contribution >= 4 is 5.91 Å². The Labute approximate surface area is 93.3 Å². The van der Waals surface area contributed by atoms with Gasteiger partial charge in [-0.15, -0.1) is 0 Å². The van der Waals surface area contributed by atoms with Gasteiger partial charge in [0.2, 0.25) is 5.91 Å². The number of nitrogens with one attached hydrogen (secondary N) is 1. The fourth-order valence-corrected chi connectivity index (χ4v) is 1.24. The molecule has 90 valence electrons. The minimum atomic E-state index is -0.397. The molecule has 15 heavy (non-hydrogen) atoms. The third-order valence-corrected chi connectivity index (χ3v) is 3.84. The van der Waals surface area contributed by atoms with E-state index >= 15 is 0 Å². The highest BCUT2D eigenvalue weighted by atomic mass is 16.3. The van der Waals surface area contributed by atoms with Crippen LogP contribution in [-0.4, -0.2) is 23.7 Å². The summed E-state index contributed by atoms with van der Waals surface area (Å²) in [7, 11) is 0. The lowest BCUT2D eigenvalue weighted by Crippen LogP contribution is -2.47. The normalized spacial score (nSPS) is 14.9. The predicted octanol–water partition coefficient (Wildman–Crippen LogP) is 1.95. The molecule has 0 radical (unpaired) electrons. The Morgan fingerprint density at radius 1 is 1.33 bits per heavy atom. The first-order chi connectivity index (χ1) is 6.65. The Bertz CT molecular complexity index is 220. The van der Waals surface area contributed by atoms with Crippen molar-refractivity contribution in [1.82, 2.24) is 5.32 Å². The van der Waals surface area contributed by atoms with Crippen molar-refractivity contribution in [2.75, 3.05) is 6.54 Å². The number of hydrogen-bond donors (Lipinski definition) is 2. The lowest BCUT2D eigenvalue weighted by Gasteiger charge is -2.44. The van der Waals surface area contributed by atoms with Gasteiger partial charge in [0.1, 0.15) is 0 Å². The summed E-state index contributed by atoms with van der Waals surface area (Å²) in [4.78, 5) is 11.2. The first-order valence-electron chi connectivity index (χ1n) is 5.60. The van der Waals surface area contributed by atoms with E-state index in [0.29, 0.717) is 13.0 Å². The Morgan fingerprint density at radius 3 is 2.13 bits per heavy atom. The minimum Gasteiger partial charge on any atom is -0.393 e. The molecule has 0 heterocycles. The summed E-state index contributed by atoms with van der Waals surface area (Å²) >= 11 is 0. The molecule has 0 fully saturated rings. The van der Waals surface area contributed by atoms with Crippen molar-refractivity contribution in [2.24, 2.45) is 10.8 Å². The third-order valence-electron chi connectivity index (χ3n) is 3.84. The molecule has 0 spiro atoms. The number of aliphatic hydroxyl groups excluding tert-OH is 1. The van der Waals surface area contributed by atoms with Crippen molar-refractivity contribution in [1.29, 1.82) is 0 Å². The molecule has 0 rings (SSSR count). The molecule has 1 amide bonds. The van der Waals surface area contributed by atoms with E-state index in [9.17, 15) is 9.90 Å². The molecule has 0 aromatic carbocycles. The van der Waals surface area contributed by atoms with Crippen LogP contribution in [0.4, 0.5) is 0 Å². The van der Waals surface area contributed by atoms with Gasteiger partial charge in [-0.25, -0.2) is 0 Å². The minimum absolute atomic E-state index is 0.0597. The van der Waals surface area contributed by atoms with Gasteiger partial charge in [0.25, 0.3) is 0 Å². The molecule has 0 aromatic rings. The van der Waals surface area contributed by atoms with E-state index in [0.717, 1.165) is 0 Å². The van der Waals surface area contributed by atoms with Crippen LogP contribution < -0.4 is 5.32 Å². The summed E-state index contributed by atoms with van der Waals surface area (Å²) in [5.41, 5.74) is -0.361. The molecule has 0 saturated heterocycles. The first kappa shape index (κ1) is 14.4. The maximum atomic E-state index is 11.2. The molecule has 0 bridgehead atoms. The summed E-state index contributed by atoms with van der Waals surface area (Å²) in [6.07, 6.45) is 0.108. The van der Waals surface area contributed by atoms with E-state index in [1.807, 2.05) is 20.8 Å². The molecule has 1 atom stereocenters. The van der Waals surface area contributed by atoms with E-state index in [1.165, 1.54) is 0 Å². The maximum absolute atomic E-state index is 11.2. The fourth-order valence-electron chi connectivity index (χ4n) is 1.24. The van der Waals surface area contributed by atoms with E-state index in [-0.39, 0.29) is 16.7 Å². The summed E-state index contributed by atoms with van der Waals surface area (Å²) in [6, 6.07) is 0. The second-order valence-corrected chi connectivity index (χ2v) is 5.41. The lowest BCUT2D eigenvalue weighted by molar-refractivity contribution is -0.122. The van der Waals surface area contributed by atoms with Gasteiger partial charge in [0.15, 0.2) is 0 Å². The maximum Gasteiger partial charge on any atom is 0.219 e. The van der Waals surface area contributed by atoms with Crippen molar-refractivity contribution in [2.45, 2.75) is 54.1 Å². The fraction of sp³-hybridized carbons (Fsp3) is 0.917. The average Bonchev–Trinajstić information content (AvgIpc) is 2.13. The van der Waals surface area contributed by atoms with Crippen LogP contribution in [0.3, 0.4) is 0 Å². The summed E-state index contributed by atoms with van der Waals surface area (Å²) in [5.74, 6) is 0.0597. The molecule has 3 nitrogen and oxygen atoms in total. The van der Waals surface area contributed by atoms with E-state index in [2.05, 4.69) is 19.2 Å². The molecule has 3 heteroatoms. The molecule has 0 aliphatic carbocycles. The van der Waals surface area contributed by atoms with Crippen LogP contribution in [-0.2, 0) is 4.79 Å². The predicted molar refractivity (Wildman–Crippen MR) is 62.5 cm³/mol. The number of rotatable bonds is 5. The van der Waals surface area contributed by atoms with Crippen LogP contribution in [0.2, 0.25) is 0 Å². The first-order valence-corrected chi connectivity index (χ1v) is 5.60. The Balaban J connectivity index is 4.47. The number of carbonyl (C=O) groups is 1. The van der Waals surface area contributed by atoms with Crippen molar-refractivity contribution in [3.63, 3.8) is 0 Å². The van der Waals surface area contributed by atoms with Gasteiger partial charge in [-0.05, 0) is 17.8 Å². The van der Waals surface area contributed by atoms with Crippen LogP contribution in [0, 0.1) is 10.8 Å². The standard InChI is InChI=1S/C12H25NO2/c1-7-10(15)13-8-11(3,4)12(5,6)9(2)14/h9,14H,7-8H2,1-6H3,(H,13,15). The molecule has 2 N–H and O–H groups in total. The highest BCUT2D eigenvalue weighted by molar-refractivity contribution is 5.75. The van der Waals surface area contributed by atoms with Crippen molar-refractivity contribution in [3.05, 3.63) is 0 Å². The average molecular weight is 215 g/mol. The second-order valence-electron chi connectivity index (χ2n) is 5.41. The zero-order valence-electron chi connectivity index (χ0n) is 10.8. The van der Waals surface area contributed by atoms with Gasteiger partial charge in [0.05, 0.1) is 6.10 Å². The number of hydrogen-bond acceptors (Lipinski definition) is 2. The Kier molecular flexibility index (Phi) is 4.78. The van der Waals surface area contributed by atoms with Crippen molar-refractivity contribution < 1.29 is 9.90 Å². The topological polar surface area (TPSA) is 49.3 Å². The molecule has 0 aromatic heterocycles. The smallest absolute Gasteiger partial charge is 0.219 e. The van der Waals surface area contributed by atoms with Gasteiger partial charge in [-0.3, -0.25) is 4.79 Å². The second kappa shape index (κ2) is 4.97. The number of aliphatic hydroxyl groups is 1. The third kappa shape index (κ3) is 3.49. The van der Waals surface area contributed by atoms with E-state index < -0.39 is 6.10 Å². The number of amides is 1. The largest absolute Gasteiger partial charge is 0.393 e. The van der Waals surface area contributed by atoms with Gasteiger partial charge in [0, 0.05) is 13.0 Å². The highest BCUT2D eigenvalue weighted by Crippen LogP contribution is 2.40. The van der Waals surface area contributed by atoms with Crippen LogP contribution in [0.1, 0.15) is 48.0 Å². The van der Waals surface area contributed by atoms with E-state index in [1.54, 1.807) is 6.92 Å². The molecule has 1 unspecified atom stereocenters. The lowest BCUT2D eigenvalue weighted by atomic mass is 9.65. The van der Waals surface area contributed by atoms with E-state index in [4.69, 9.17) is 0 Å². The zero-order valence-corrected chi connectivity index (χ0v) is 10.8. The summed E-state index contributed by atoms with van der Waals surface area (Å²) in [6.45, 7) is 12.4. The molecule has 0 saturated carbocycles. The molecular weight excluding hydrogens is 190 g/mol. The van der Waals surface area contributed by atoms with Gasteiger partial charge in [-0.1, -0.05) is 34.6 Å². The number of carbonyl (C=O) groups excluding carboxylic acids is 1. The molecular formula is C12H25NO2. The van der Waals surface area contributed by atoms with Crippen LogP contribution >= 0.6 is 0 Å².